The first-order valence-electron chi connectivity index (χ1n) is 3.85. The van der Waals surface area contributed by atoms with E-state index in [9.17, 15) is 0 Å². The molecule has 0 unspecified atom stereocenters. The molecular weight excluding hydrogens is 191 g/mol. The quantitative estimate of drug-likeness (QED) is 0.656. The van der Waals surface area contributed by atoms with Crippen molar-refractivity contribution in [2.45, 2.75) is 17.2 Å². The van der Waals surface area contributed by atoms with Gasteiger partial charge in [0, 0.05) is 0 Å². The van der Waals surface area contributed by atoms with E-state index >= 15 is 0 Å². The Balaban J connectivity index is 2.44. The number of aryl methyl sites for hydroxylation is 1. The van der Waals surface area contributed by atoms with Gasteiger partial charge in [-0.1, -0.05) is 30.3 Å². The molecule has 0 N–H and O–H groups in total. The van der Waals surface area contributed by atoms with Crippen molar-refractivity contribution in [3.8, 4) is 0 Å². The van der Waals surface area contributed by atoms with Gasteiger partial charge in [-0.3, -0.25) is 0 Å². The van der Waals surface area contributed by atoms with Crippen LogP contribution in [0.25, 0.3) is 0 Å². The average molecular weight is 202 g/mol. The topological polar surface area (TPSA) is 0 Å². The van der Waals surface area contributed by atoms with E-state index in [4.69, 9.17) is 23.2 Å². The van der Waals surface area contributed by atoms with Crippen LogP contribution in [0.1, 0.15) is 12.0 Å². The summed E-state index contributed by atoms with van der Waals surface area (Å²) in [5, 5.41) is 0. The zero-order valence-electron chi connectivity index (χ0n) is 6.76. The van der Waals surface area contributed by atoms with E-state index in [0.29, 0.717) is 6.42 Å². The molecule has 0 saturated heterocycles. The third-order valence-corrected chi connectivity index (χ3v) is 2.00. The van der Waals surface area contributed by atoms with E-state index in [1.54, 1.807) is 0 Å². The summed E-state index contributed by atoms with van der Waals surface area (Å²) in [5.74, 6) is 0. The average Bonchev–Trinajstić information content (AvgIpc) is 2.02. The number of rotatable bonds is 3. The van der Waals surface area contributed by atoms with Crippen molar-refractivity contribution in [1.29, 1.82) is 0 Å². The zero-order chi connectivity index (χ0) is 9.03. The number of hydrogen-bond acceptors (Lipinski definition) is 0. The molecule has 0 atom stereocenters. The van der Waals surface area contributed by atoms with Crippen molar-refractivity contribution >= 4 is 23.2 Å². The summed E-state index contributed by atoms with van der Waals surface area (Å²) >= 11 is 11.5. The minimum absolute atomic E-state index is 0.681. The largest absolute Gasteiger partial charge is 0.118 e. The Labute approximate surface area is 83.5 Å². The summed E-state index contributed by atoms with van der Waals surface area (Å²) in [6.45, 7) is 3.62. The number of halogens is 2. The van der Waals surface area contributed by atoms with Gasteiger partial charge in [0.2, 0.25) is 0 Å². The summed E-state index contributed by atoms with van der Waals surface area (Å²) in [4.78, 5) is 0. The van der Waals surface area contributed by atoms with Crippen LogP contribution in [0.5, 0.6) is 0 Å². The van der Waals surface area contributed by atoms with Gasteiger partial charge in [-0.2, -0.15) is 0 Å². The molecule has 0 heterocycles. The Morgan fingerprint density at radius 3 is 2.25 bits per heavy atom. The van der Waals surface area contributed by atoms with Gasteiger partial charge in [-0.05, 0) is 25.3 Å². The van der Waals surface area contributed by atoms with Crippen LogP contribution >= 0.6 is 23.2 Å². The SMILES string of the molecule is [CH2]C(Cl)(Cl)CCc1ccccc1. The first-order chi connectivity index (χ1) is 5.58. The van der Waals surface area contributed by atoms with Crippen LogP contribution in [0.15, 0.2) is 30.3 Å². The van der Waals surface area contributed by atoms with Crippen molar-refractivity contribution < 1.29 is 0 Å². The first kappa shape index (κ1) is 9.88. The third kappa shape index (κ3) is 3.99. The van der Waals surface area contributed by atoms with Gasteiger partial charge in [-0.25, -0.2) is 0 Å². The smallest absolute Gasteiger partial charge is 0.102 e. The van der Waals surface area contributed by atoms with Crippen molar-refractivity contribution in [2.75, 3.05) is 0 Å². The van der Waals surface area contributed by atoms with Crippen molar-refractivity contribution in [1.82, 2.24) is 0 Å². The molecule has 0 bridgehead atoms. The molecule has 0 aromatic heterocycles. The van der Waals surface area contributed by atoms with Gasteiger partial charge in [0.05, 0.1) is 0 Å². The van der Waals surface area contributed by atoms with Crippen LogP contribution in [0, 0.1) is 6.92 Å². The number of alkyl halides is 2. The minimum Gasteiger partial charge on any atom is -0.102 e. The highest BCUT2D eigenvalue weighted by Gasteiger charge is 2.15. The van der Waals surface area contributed by atoms with Crippen molar-refractivity contribution in [3.63, 3.8) is 0 Å². The van der Waals surface area contributed by atoms with Crippen LogP contribution < -0.4 is 0 Å². The molecule has 1 rings (SSSR count). The lowest BCUT2D eigenvalue weighted by molar-refractivity contribution is 0.798. The van der Waals surface area contributed by atoms with Crippen LogP contribution in [-0.4, -0.2) is 4.33 Å². The molecule has 0 fully saturated rings. The first-order valence-corrected chi connectivity index (χ1v) is 4.61. The highest BCUT2D eigenvalue weighted by Crippen LogP contribution is 2.25. The van der Waals surface area contributed by atoms with Crippen LogP contribution in [-0.2, 0) is 6.42 Å². The van der Waals surface area contributed by atoms with Gasteiger partial charge in [0.15, 0.2) is 0 Å². The Morgan fingerprint density at radius 1 is 1.17 bits per heavy atom. The number of benzene rings is 1. The molecule has 2 heteroatoms. The second-order valence-corrected chi connectivity index (χ2v) is 4.48. The van der Waals surface area contributed by atoms with E-state index in [0.717, 1.165) is 6.42 Å². The predicted molar refractivity (Wildman–Crippen MR) is 54.6 cm³/mol. The second-order valence-electron chi connectivity index (χ2n) is 2.84. The van der Waals surface area contributed by atoms with E-state index in [1.165, 1.54) is 5.56 Å². The molecule has 0 spiro atoms. The summed E-state index contributed by atoms with van der Waals surface area (Å²) in [6.07, 6.45) is 1.55. The predicted octanol–water partition coefficient (Wildman–Crippen LogP) is 3.63. The normalized spacial score (nSPS) is 11.6. The standard InChI is InChI=1S/C10H11Cl2/c1-10(11,12)8-7-9-5-3-2-4-6-9/h2-6H,1,7-8H2. The molecule has 0 aliphatic heterocycles. The lowest BCUT2D eigenvalue weighted by Gasteiger charge is -2.11. The molecule has 65 valence electrons. The third-order valence-electron chi connectivity index (χ3n) is 1.62. The molecule has 0 amide bonds. The Bertz CT molecular complexity index is 223. The molecule has 0 saturated carbocycles. The maximum Gasteiger partial charge on any atom is 0.118 e. The summed E-state index contributed by atoms with van der Waals surface area (Å²) < 4.78 is -0.851. The Kier molecular flexibility index (Phi) is 3.42. The fourth-order valence-electron chi connectivity index (χ4n) is 0.972. The van der Waals surface area contributed by atoms with Gasteiger partial charge in [0.1, 0.15) is 4.33 Å². The summed E-state index contributed by atoms with van der Waals surface area (Å²) in [5.41, 5.74) is 1.24. The monoisotopic (exact) mass is 201 g/mol. The maximum atomic E-state index is 5.74. The molecule has 0 nitrogen and oxygen atoms in total. The molecule has 1 radical (unpaired) electrons. The van der Waals surface area contributed by atoms with Gasteiger partial charge < -0.3 is 0 Å². The van der Waals surface area contributed by atoms with Crippen molar-refractivity contribution in [2.24, 2.45) is 0 Å². The minimum atomic E-state index is -0.851. The fourth-order valence-corrected chi connectivity index (χ4v) is 1.16. The van der Waals surface area contributed by atoms with E-state index in [2.05, 4.69) is 19.1 Å². The lowest BCUT2D eigenvalue weighted by Crippen LogP contribution is -2.07. The maximum absolute atomic E-state index is 5.74. The highest BCUT2D eigenvalue weighted by molar-refractivity contribution is 6.48. The molecular formula is C10H11Cl2. The summed E-state index contributed by atoms with van der Waals surface area (Å²) in [6, 6.07) is 10.1. The van der Waals surface area contributed by atoms with Gasteiger partial charge in [-0.15, -0.1) is 23.2 Å². The lowest BCUT2D eigenvalue weighted by atomic mass is 10.1. The van der Waals surface area contributed by atoms with Crippen LogP contribution in [0.3, 0.4) is 0 Å². The van der Waals surface area contributed by atoms with Gasteiger partial charge in [0.25, 0.3) is 0 Å². The Hall–Kier alpha value is -0.200. The highest BCUT2D eigenvalue weighted by atomic mass is 35.5. The van der Waals surface area contributed by atoms with Crippen molar-refractivity contribution in [3.05, 3.63) is 42.8 Å². The second kappa shape index (κ2) is 4.15. The molecule has 0 aliphatic rings. The van der Waals surface area contributed by atoms with Gasteiger partial charge >= 0.3 is 0 Å². The Morgan fingerprint density at radius 2 is 1.75 bits per heavy atom. The molecule has 12 heavy (non-hydrogen) atoms. The zero-order valence-corrected chi connectivity index (χ0v) is 8.28. The van der Waals surface area contributed by atoms with E-state index in [1.807, 2.05) is 18.2 Å². The van der Waals surface area contributed by atoms with Crippen LogP contribution in [0.4, 0.5) is 0 Å². The summed E-state index contributed by atoms with van der Waals surface area (Å²) in [7, 11) is 0. The molecule has 0 aliphatic carbocycles. The van der Waals surface area contributed by atoms with E-state index in [-0.39, 0.29) is 0 Å². The fraction of sp³-hybridized carbons (Fsp3) is 0.300. The van der Waals surface area contributed by atoms with E-state index < -0.39 is 4.33 Å². The number of hydrogen-bond donors (Lipinski definition) is 0. The molecule has 1 aromatic rings. The van der Waals surface area contributed by atoms with Crippen LogP contribution in [0.2, 0.25) is 0 Å². The molecule has 1 aromatic carbocycles.